The largest absolute Gasteiger partial charge is 0.497 e. The van der Waals surface area contributed by atoms with Gasteiger partial charge in [0.25, 0.3) is 5.78 Å². The minimum absolute atomic E-state index is 0.503. The first kappa shape index (κ1) is 16.8. The molecule has 0 saturated carbocycles. The van der Waals surface area contributed by atoms with Gasteiger partial charge in [-0.25, -0.2) is 4.98 Å². The fraction of sp³-hybridized carbons (Fsp3) is 0.150. The van der Waals surface area contributed by atoms with Crippen molar-refractivity contribution in [2.45, 2.75) is 0 Å². The molecule has 136 valence electrons. The summed E-state index contributed by atoms with van der Waals surface area (Å²) in [5.41, 5.74) is 3.37. The molecule has 4 aromatic rings. The first-order valence-corrected chi connectivity index (χ1v) is 8.31. The van der Waals surface area contributed by atoms with Crippen LogP contribution in [0.5, 0.6) is 17.2 Å². The zero-order valence-corrected chi connectivity index (χ0v) is 15.2. The first-order chi connectivity index (χ1) is 13.2. The van der Waals surface area contributed by atoms with E-state index in [0.29, 0.717) is 11.5 Å². The monoisotopic (exact) mass is 362 g/mol. The molecule has 0 amide bonds. The van der Waals surface area contributed by atoms with Crippen molar-refractivity contribution in [3.8, 4) is 39.8 Å². The van der Waals surface area contributed by atoms with Crippen LogP contribution in [-0.2, 0) is 0 Å². The summed E-state index contributed by atoms with van der Waals surface area (Å²) in [4.78, 5) is 8.89. The molecule has 7 nitrogen and oxygen atoms in total. The Hall–Kier alpha value is -3.61. The van der Waals surface area contributed by atoms with Crippen molar-refractivity contribution < 1.29 is 14.2 Å². The lowest BCUT2D eigenvalue weighted by Gasteiger charge is -2.13. The molecule has 0 radical (unpaired) electrons. The van der Waals surface area contributed by atoms with Gasteiger partial charge in [-0.05, 0) is 48.5 Å². The molecule has 0 aliphatic heterocycles. The number of fused-ring (bicyclic) bond motifs is 1. The summed E-state index contributed by atoms with van der Waals surface area (Å²) in [5, 5.41) is 4.31. The molecule has 0 aliphatic rings. The number of rotatable bonds is 5. The second kappa shape index (κ2) is 6.95. The Labute approximate surface area is 156 Å². The van der Waals surface area contributed by atoms with Gasteiger partial charge in [0.05, 0.1) is 32.7 Å². The highest BCUT2D eigenvalue weighted by atomic mass is 16.5. The standard InChI is InChI=1S/C20H18N4O3/c1-25-14-6-4-13(5-7-14)17-11-18(24-20(23-17)21-12-22-24)16-10-15(26-2)8-9-19(16)27-3/h4-12H,1-3H3. The van der Waals surface area contributed by atoms with Gasteiger partial charge in [-0.3, -0.25) is 0 Å². The fourth-order valence-corrected chi connectivity index (χ4v) is 2.93. The molecule has 0 spiro atoms. The average Bonchev–Trinajstić information content (AvgIpc) is 3.21. The van der Waals surface area contributed by atoms with E-state index in [1.807, 2.05) is 48.5 Å². The number of hydrogen-bond donors (Lipinski definition) is 0. The van der Waals surface area contributed by atoms with Crippen LogP contribution in [-0.4, -0.2) is 40.9 Å². The van der Waals surface area contributed by atoms with E-state index in [2.05, 4.69) is 15.1 Å². The van der Waals surface area contributed by atoms with E-state index < -0.39 is 0 Å². The van der Waals surface area contributed by atoms with E-state index in [9.17, 15) is 0 Å². The molecule has 7 heteroatoms. The zero-order chi connectivity index (χ0) is 18.8. The SMILES string of the molecule is COc1ccc(-c2cc(-c3cc(OC)ccc3OC)n3ncnc3n2)cc1. The number of aromatic nitrogens is 4. The molecule has 2 aromatic heterocycles. The zero-order valence-electron chi connectivity index (χ0n) is 15.2. The van der Waals surface area contributed by atoms with Crippen LogP contribution in [0.15, 0.2) is 54.9 Å². The summed E-state index contributed by atoms with van der Waals surface area (Å²) in [6.07, 6.45) is 1.48. The maximum Gasteiger partial charge on any atom is 0.253 e. The van der Waals surface area contributed by atoms with Crippen molar-refractivity contribution in [3.05, 3.63) is 54.9 Å². The van der Waals surface area contributed by atoms with E-state index >= 15 is 0 Å². The van der Waals surface area contributed by atoms with Gasteiger partial charge >= 0.3 is 0 Å². The molecule has 0 fully saturated rings. The lowest BCUT2D eigenvalue weighted by Crippen LogP contribution is -2.00. The van der Waals surface area contributed by atoms with Crippen molar-refractivity contribution in [3.63, 3.8) is 0 Å². The van der Waals surface area contributed by atoms with Crippen LogP contribution in [0.25, 0.3) is 28.3 Å². The van der Waals surface area contributed by atoms with Gasteiger partial charge in [-0.1, -0.05) is 0 Å². The van der Waals surface area contributed by atoms with Crippen LogP contribution >= 0.6 is 0 Å². The predicted octanol–water partition coefficient (Wildman–Crippen LogP) is 3.48. The van der Waals surface area contributed by atoms with E-state index in [4.69, 9.17) is 14.2 Å². The topological polar surface area (TPSA) is 70.8 Å². The lowest BCUT2D eigenvalue weighted by atomic mass is 10.1. The minimum atomic E-state index is 0.503. The molecule has 4 rings (SSSR count). The van der Waals surface area contributed by atoms with Gasteiger partial charge < -0.3 is 14.2 Å². The summed E-state index contributed by atoms with van der Waals surface area (Å²) >= 11 is 0. The number of ether oxygens (including phenoxy) is 3. The highest BCUT2D eigenvalue weighted by Crippen LogP contribution is 2.35. The molecule has 0 N–H and O–H groups in total. The molecular formula is C20H18N4O3. The molecule has 0 unspecified atom stereocenters. The summed E-state index contributed by atoms with van der Waals surface area (Å²) in [5.74, 6) is 2.72. The molecule has 0 saturated heterocycles. The van der Waals surface area contributed by atoms with Gasteiger partial charge in [0, 0.05) is 11.1 Å². The van der Waals surface area contributed by atoms with E-state index in [-0.39, 0.29) is 0 Å². The Kier molecular flexibility index (Phi) is 4.33. The van der Waals surface area contributed by atoms with Gasteiger partial charge in [-0.15, -0.1) is 0 Å². The Balaban J connectivity index is 1.94. The quantitative estimate of drug-likeness (QED) is 0.541. The highest BCUT2D eigenvalue weighted by Gasteiger charge is 2.15. The van der Waals surface area contributed by atoms with E-state index in [1.165, 1.54) is 6.33 Å². The molecular weight excluding hydrogens is 344 g/mol. The van der Waals surface area contributed by atoms with Crippen LogP contribution in [0.3, 0.4) is 0 Å². The third kappa shape index (κ3) is 3.03. The maximum absolute atomic E-state index is 5.55. The predicted molar refractivity (Wildman–Crippen MR) is 101 cm³/mol. The van der Waals surface area contributed by atoms with Gasteiger partial charge in [0.2, 0.25) is 0 Å². The normalized spacial score (nSPS) is 10.8. The molecule has 0 aliphatic carbocycles. The van der Waals surface area contributed by atoms with Crippen molar-refractivity contribution in [2.75, 3.05) is 21.3 Å². The second-order valence-corrected chi connectivity index (χ2v) is 5.79. The molecule has 2 aromatic carbocycles. The third-order valence-electron chi connectivity index (χ3n) is 4.32. The van der Waals surface area contributed by atoms with Crippen LogP contribution in [0.4, 0.5) is 0 Å². The van der Waals surface area contributed by atoms with Crippen LogP contribution in [0, 0.1) is 0 Å². The van der Waals surface area contributed by atoms with Gasteiger partial charge in [-0.2, -0.15) is 14.6 Å². The second-order valence-electron chi connectivity index (χ2n) is 5.79. The molecule has 2 heterocycles. The number of nitrogens with zero attached hydrogens (tertiary/aromatic N) is 4. The number of methoxy groups -OCH3 is 3. The molecule has 0 bridgehead atoms. The first-order valence-electron chi connectivity index (χ1n) is 8.31. The van der Waals surface area contributed by atoms with Crippen molar-refractivity contribution >= 4 is 5.78 Å². The summed E-state index contributed by atoms with van der Waals surface area (Å²) in [7, 11) is 4.91. The molecule has 27 heavy (non-hydrogen) atoms. The smallest absolute Gasteiger partial charge is 0.253 e. The Bertz CT molecular complexity index is 1090. The lowest BCUT2D eigenvalue weighted by molar-refractivity contribution is 0.404. The van der Waals surface area contributed by atoms with Gasteiger partial charge in [0.15, 0.2) is 0 Å². The van der Waals surface area contributed by atoms with Crippen molar-refractivity contribution in [1.82, 2.24) is 19.6 Å². The Morgan fingerprint density at radius 1 is 0.815 bits per heavy atom. The third-order valence-corrected chi connectivity index (χ3v) is 4.32. The Morgan fingerprint density at radius 2 is 1.56 bits per heavy atom. The van der Waals surface area contributed by atoms with E-state index in [1.54, 1.807) is 25.8 Å². The van der Waals surface area contributed by atoms with Crippen molar-refractivity contribution in [2.24, 2.45) is 0 Å². The minimum Gasteiger partial charge on any atom is -0.497 e. The van der Waals surface area contributed by atoms with Gasteiger partial charge in [0.1, 0.15) is 23.6 Å². The van der Waals surface area contributed by atoms with Crippen LogP contribution < -0.4 is 14.2 Å². The summed E-state index contributed by atoms with van der Waals surface area (Å²) in [6, 6.07) is 15.3. The van der Waals surface area contributed by atoms with E-state index in [0.717, 1.165) is 34.0 Å². The summed E-state index contributed by atoms with van der Waals surface area (Å²) in [6.45, 7) is 0. The fourth-order valence-electron chi connectivity index (χ4n) is 2.93. The van der Waals surface area contributed by atoms with Crippen LogP contribution in [0.1, 0.15) is 0 Å². The molecule has 0 atom stereocenters. The Morgan fingerprint density at radius 3 is 2.26 bits per heavy atom. The van der Waals surface area contributed by atoms with Crippen LogP contribution in [0.2, 0.25) is 0 Å². The highest BCUT2D eigenvalue weighted by molar-refractivity contribution is 5.75. The number of benzene rings is 2. The maximum atomic E-state index is 5.55. The average molecular weight is 362 g/mol. The number of hydrogen-bond acceptors (Lipinski definition) is 6. The van der Waals surface area contributed by atoms with Crippen molar-refractivity contribution in [1.29, 1.82) is 0 Å². The summed E-state index contributed by atoms with van der Waals surface area (Å²) < 4.78 is 17.8.